The zero-order valence-corrected chi connectivity index (χ0v) is 9.19. The minimum absolute atomic E-state index is 0.181. The smallest absolute Gasteiger partial charge is 0.118 e. The summed E-state index contributed by atoms with van der Waals surface area (Å²) in [5, 5.41) is 3.33. The molecule has 0 aliphatic carbocycles. The second kappa shape index (κ2) is 4.64. The fourth-order valence-corrected chi connectivity index (χ4v) is 1.95. The summed E-state index contributed by atoms with van der Waals surface area (Å²) in [5.41, 5.74) is 1.22. The Labute approximate surface area is 90.4 Å². The van der Waals surface area contributed by atoms with E-state index in [4.69, 9.17) is 9.47 Å². The SMILES string of the molecule is CC[C@H]1NCO[C@H]1c1ccc(OC)cc1. The number of rotatable bonds is 3. The molecule has 1 aliphatic rings. The van der Waals surface area contributed by atoms with E-state index in [1.165, 1.54) is 5.56 Å². The van der Waals surface area contributed by atoms with Crippen molar-refractivity contribution in [1.82, 2.24) is 5.32 Å². The van der Waals surface area contributed by atoms with Gasteiger partial charge in [-0.1, -0.05) is 19.1 Å². The molecule has 3 nitrogen and oxygen atoms in total. The molecule has 0 amide bonds. The van der Waals surface area contributed by atoms with E-state index in [9.17, 15) is 0 Å². The molecule has 3 heteroatoms. The summed E-state index contributed by atoms with van der Waals surface area (Å²) >= 11 is 0. The Hall–Kier alpha value is -1.06. The molecule has 1 heterocycles. The van der Waals surface area contributed by atoms with Crippen LogP contribution in [0.1, 0.15) is 25.0 Å². The van der Waals surface area contributed by atoms with Crippen LogP contribution in [0.15, 0.2) is 24.3 Å². The van der Waals surface area contributed by atoms with Crippen LogP contribution in [0.5, 0.6) is 5.75 Å². The summed E-state index contributed by atoms with van der Waals surface area (Å²) in [4.78, 5) is 0. The number of nitrogens with one attached hydrogen (secondary N) is 1. The third-order valence-electron chi connectivity index (χ3n) is 2.86. The second-order valence-corrected chi connectivity index (χ2v) is 3.72. The molecule has 2 atom stereocenters. The molecule has 1 N–H and O–H groups in total. The summed E-state index contributed by atoms with van der Waals surface area (Å²) in [6.07, 6.45) is 1.26. The Morgan fingerprint density at radius 2 is 2.13 bits per heavy atom. The monoisotopic (exact) mass is 207 g/mol. The number of methoxy groups -OCH3 is 1. The highest BCUT2D eigenvalue weighted by Gasteiger charge is 2.27. The van der Waals surface area contributed by atoms with Crippen molar-refractivity contribution in [2.75, 3.05) is 13.8 Å². The lowest BCUT2D eigenvalue weighted by molar-refractivity contribution is 0.102. The molecule has 82 valence electrons. The summed E-state index contributed by atoms with van der Waals surface area (Å²) in [5.74, 6) is 0.887. The Balaban J connectivity index is 2.14. The molecule has 1 aromatic rings. The van der Waals surface area contributed by atoms with E-state index in [2.05, 4.69) is 24.4 Å². The average molecular weight is 207 g/mol. The molecule has 1 aromatic carbocycles. The first-order valence-corrected chi connectivity index (χ1v) is 5.34. The van der Waals surface area contributed by atoms with Crippen LogP contribution in [-0.4, -0.2) is 19.9 Å². The topological polar surface area (TPSA) is 30.5 Å². The maximum Gasteiger partial charge on any atom is 0.118 e. The fraction of sp³-hybridized carbons (Fsp3) is 0.500. The highest BCUT2D eigenvalue weighted by atomic mass is 16.5. The zero-order chi connectivity index (χ0) is 10.7. The largest absolute Gasteiger partial charge is 0.497 e. The van der Waals surface area contributed by atoms with Crippen molar-refractivity contribution in [2.24, 2.45) is 0 Å². The van der Waals surface area contributed by atoms with Gasteiger partial charge in [-0.05, 0) is 24.1 Å². The Kier molecular flexibility index (Phi) is 3.23. The summed E-state index contributed by atoms with van der Waals surface area (Å²) in [6.45, 7) is 2.82. The van der Waals surface area contributed by atoms with Gasteiger partial charge in [0, 0.05) is 6.04 Å². The maximum atomic E-state index is 5.66. The van der Waals surface area contributed by atoms with Gasteiger partial charge in [-0.3, -0.25) is 5.32 Å². The summed E-state index contributed by atoms with van der Waals surface area (Å²) in [6, 6.07) is 8.52. The molecule has 2 rings (SSSR count). The third-order valence-corrected chi connectivity index (χ3v) is 2.86. The van der Waals surface area contributed by atoms with Crippen LogP contribution < -0.4 is 10.1 Å². The first-order valence-electron chi connectivity index (χ1n) is 5.34. The van der Waals surface area contributed by atoms with Gasteiger partial charge in [-0.25, -0.2) is 0 Å². The molecule has 0 unspecified atom stereocenters. The van der Waals surface area contributed by atoms with Crippen LogP contribution in [0, 0.1) is 0 Å². The van der Waals surface area contributed by atoms with Gasteiger partial charge >= 0.3 is 0 Å². The van der Waals surface area contributed by atoms with Gasteiger partial charge in [0.1, 0.15) is 5.75 Å². The minimum atomic E-state index is 0.181. The van der Waals surface area contributed by atoms with Crippen molar-refractivity contribution in [3.05, 3.63) is 29.8 Å². The molecule has 1 fully saturated rings. The van der Waals surface area contributed by atoms with Crippen LogP contribution in [-0.2, 0) is 4.74 Å². The highest BCUT2D eigenvalue weighted by molar-refractivity contribution is 5.29. The lowest BCUT2D eigenvalue weighted by Crippen LogP contribution is -2.24. The zero-order valence-electron chi connectivity index (χ0n) is 9.19. The quantitative estimate of drug-likeness (QED) is 0.823. The van der Waals surface area contributed by atoms with E-state index in [0.717, 1.165) is 12.2 Å². The molecular weight excluding hydrogens is 190 g/mol. The van der Waals surface area contributed by atoms with E-state index in [-0.39, 0.29) is 6.10 Å². The van der Waals surface area contributed by atoms with E-state index >= 15 is 0 Å². The minimum Gasteiger partial charge on any atom is -0.497 e. The highest BCUT2D eigenvalue weighted by Crippen LogP contribution is 2.28. The van der Waals surface area contributed by atoms with Crippen molar-refractivity contribution in [2.45, 2.75) is 25.5 Å². The molecule has 0 saturated carbocycles. The summed E-state index contributed by atoms with van der Waals surface area (Å²) in [7, 11) is 1.68. The Morgan fingerprint density at radius 1 is 1.40 bits per heavy atom. The molecule has 15 heavy (non-hydrogen) atoms. The van der Waals surface area contributed by atoms with Crippen LogP contribution >= 0.6 is 0 Å². The van der Waals surface area contributed by atoms with Gasteiger partial charge < -0.3 is 9.47 Å². The standard InChI is InChI=1S/C12H17NO2/c1-3-11-12(15-8-13-11)9-4-6-10(14-2)7-5-9/h4-7,11-13H,3,8H2,1-2H3/t11-,12+/m1/s1. The Bertz CT molecular complexity index is 310. The van der Waals surface area contributed by atoms with Gasteiger partial charge in [0.25, 0.3) is 0 Å². The predicted molar refractivity (Wildman–Crippen MR) is 58.9 cm³/mol. The van der Waals surface area contributed by atoms with Crippen LogP contribution in [0.3, 0.4) is 0 Å². The molecule has 0 bridgehead atoms. The first kappa shape index (κ1) is 10.5. The number of benzene rings is 1. The first-order chi connectivity index (χ1) is 7.35. The predicted octanol–water partition coefficient (Wildman–Crippen LogP) is 2.09. The van der Waals surface area contributed by atoms with Crippen LogP contribution in [0.2, 0.25) is 0 Å². The number of ether oxygens (including phenoxy) is 2. The second-order valence-electron chi connectivity index (χ2n) is 3.72. The molecule has 1 saturated heterocycles. The Morgan fingerprint density at radius 3 is 2.73 bits per heavy atom. The number of hydrogen-bond acceptors (Lipinski definition) is 3. The molecular formula is C12H17NO2. The van der Waals surface area contributed by atoms with Gasteiger partial charge in [0.15, 0.2) is 0 Å². The van der Waals surface area contributed by atoms with Gasteiger partial charge in [-0.2, -0.15) is 0 Å². The van der Waals surface area contributed by atoms with Crippen molar-refractivity contribution in [3.63, 3.8) is 0 Å². The normalized spacial score (nSPS) is 25.5. The van der Waals surface area contributed by atoms with E-state index in [1.54, 1.807) is 7.11 Å². The fourth-order valence-electron chi connectivity index (χ4n) is 1.95. The van der Waals surface area contributed by atoms with Gasteiger partial charge in [-0.15, -0.1) is 0 Å². The lowest BCUT2D eigenvalue weighted by atomic mass is 10.0. The van der Waals surface area contributed by atoms with Gasteiger partial charge in [0.05, 0.1) is 19.9 Å². The maximum absolute atomic E-state index is 5.66. The van der Waals surface area contributed by atoms with Crippen molar-refractivity contribution in [3.8, 4) is 5.75 Å². The van der Waals surface area contributed by atoms with Crippen LogP contribution in [0.4, 0.5) is 0 Å². The van der Waals surface area contributed by atoms with Crippen molar-refractivity contribution >= 4 is 0 Å². The lowest BCUT2D eigenvalue weighted by Gasteiger charge is -2.16. The molecule has 0 spiro atoms. The third kappa shape index (κ3) is 2.13. The molecule has 1 aliphatic heterocycles. The molecule has 0 aromatic heterocycles. The van der Waals surface area contributed by atoms with Crippen LogP contribution in [0.25, 0.3) is 0 Å². The molecule has 0 radical (unpaired) electrons. The van der Waals surface area contributed by atoms with E-state index in [1.807, 2.05) is 12.1 Å². The average Bonchev–Trinajstić information content (AvgIpc) is 2.77. The summed E-state index contributed by atoms with van der Waals surface area (Å²) < 4.78 is 10.8. The van der Waals surface area contributed by atoms with E-state index < -0.39 is 0 Å². The van der Waals surface area contributed by atoms with Gasteiger partial charge in [0.2, 0.25) is 0 Å². The van der Waals surface area contributed by atoms with E-state index in [0.29, 0.717) is 12.8 Å². The van der Waals surface area contributed by atoms with Crippen molar-refractivity contribution < 1.29 is 9.47 Å². The number of hydrogen-bond donors (Lipinski definition) is 1. The van der Waals surface area contributed by atoms with Crippen molar-refractivity contribution in [1.29, 1.82) is 0 Å².